The van der Waals surface area contributed by atoms with Gasteiger partial charge in [-0.2, -0.15) is 0 Å². The summed E-state index contributed by atoms with van der Waals surface area (Å²) >= 11 is 1.52. The normalized spacial score (nSPS) is 13.0. The van der Waals surface area contributed by atoms with E-state index in [-0.39, 0.29) is 24.4 Å². The molecule has 1 atom stereocenters. The van der Waals surface area contributed by atoms with E-state index < -0.39 is 0 Å². The van der Waals surface area contributed by atoms with Gasteiger partial charge in [0.2, 0.25) is 0 Å². The fourth-order valence-corrected chi connectivity index (χ4v) is 4.04. The predicted molar refractivity (Wildman–Crippen MR) is 134 cm³/mol. The predicted octanol–water partition coefficient (Wildman–Crippen LogP) is 5.11. The SMILES string of the molecule is CO/C(N)=C/C=C(\N)c1cc(C)nc(SCCC(OCc2ccccc2F)c2ccccc2)n1. The molecule has 3 rings (SSSR count). The van der Waals surface area contributed by atoms with Crippen LogP contribution in [0, 0.1) is 12.7 Å². The summed E-state index contributed by atoms with van der Waals surface area (Å²) in [5.41, 5.74) is 15.3. The third-order valence-electron chi connectivity index (χ3n) is 4.97. The maximum atomic E-state index is 14.0. The zero-order valence-corrected chi connectivity index (χ0v) is 20.1. The van der Waals surface area contributed by atoms with Gasteiger partial charge in [0.05, 0.1) is 31.2 Å². The van der Waals surface area contributed by atoms with E-state index in [2.05, 4.69) is 9.97 Å². The molecule has 178 valence electrons. The van der Waals surface area contributed by atoms with Crippen molar-refractivity contribution in [3.05, 3.63) is 107 Å². The van der Waals surface area contributed by atoms with Gasteiger partial charge in [-0.1, -0.05) is 60.3 Å². The van der Waals surface area contributed by atoms with Crippen LogP contribution in [0.25, 0.3) is 5.70 Å². The van der Waals surface area contributed by atoms with Crippen LogP contribution >= 0.6 is 11.8 Å². The van der Waals surface area contributed by atoms with Crippen molar-refractivity contribution >= 4 is 17.5 Å². The summed E-state index contributed by atoms with van der Waals surface area (Å²) in [7, 11) is 1.49. The standard InChI is InChI=1S/C26H29FN4O2S/c1-18-16-23(22(28)12-13-25(29)32-2)31-26(30-18)34-15-14-24(19-8-4-3-5-9-19)33-17-20-10-6-7-11-21(20)27/h3-13,16,24H,14-15,17,28-29H2,1-2H3/b22-12-,25-13+. The number of rotatable bonds is 11. The Hall–Kier alpha value is -3.36. The van der Waals surface area contributed by atoms with Crippen LogP contribution in [0.5, 0.6) is 0 Å². The van der Waals surface area contributed by atoms with Crippen molar-refractivity contribution in [3.63, 3.8) is 0 Å². The van der Waals surface area contributed by atoms with Crippen LogP contribution in [0.1, 0.15) is 35.0 Å². The third kappa shape index (κ3) is 7.60. The summed E-state index contributed by atoms with van der Waals surface area (Å²) in [4.78, 5) is 9.09. The molecule has 0 fully saturated rings. The van der Waals surface area contributed by atoms with Crippen molar-refractivity contribution in [1.29, 1.82) is 0 Å². The lowest BCUT2D eigenvalue weighted by Crippen LogP contribution is -2.08. The largest absolute Gasteiger partial charge is 0.483 e. The molecule has 3 aromatic rings. The monoisotopic (exact) mass is 480 g/mol. The van der Waals surface area contributed by atoms with E-state index in [1.54, 1.807) is 30.4 Å². The van der Waals surface area contributed by atoms with E-state index in [9.17, 15) is 4.39 Å². The minimum absolute atomic E-state index is 0.190. The highest BCUT2D eigenvalue weighted by molar-refractivity contribution is 7.99. The molecule has 8 heteroatoms. The van der Waals surface area contributed by atoms with Gasteiger partial charge in [0.25, 0.3) is 0 Å². The molecule has 4 N–H and O–H groups in total. The van der Waals surface area contributed by atoms with Crippen LogP contribution in [0.15, 0.2) is 83.9 Å². The van der Waals surface area contributed by atoms with Crippen molar-refractivity contribution in [3.8, 4) is 0 Å². The first-order chi connectivity index (χ1) is 16.5. The molecule has 0 amide bonds. The zero-order chi connectivity index (χ0) is 24.3. The Balaban J connectivity index is 1.68. The topological polar surface area (TPSA) is 96.3 Å². The summed E-state index contributed by atoms with van der Waals surface area (Å²) in [6.07, 6.45) is 3.74. The molecule has 0 aliphatic rings. The number of halogens is 1. The fourth-order valence-electron chi connectivity index (χ4n) is 3.16. The van der Waals surface area contributed by atoms with Crippen LogP contribution in [0.3, 0.4) is 0 Å². The van der Waals surface area contributed by atoms with E-state index in [4.69, 9.17) is 20.9 Å². The smallest absolute Gasteiger partial charge is 0.188 e. The van der Waals surface area contributed by atoms with E-state index in [0.29, 0.717) is 34.3 Å². The van der Waals surface area contributed by atoms with Gasteiger partial charge in [-0.25, -0.2) is 14.4 Å². The number of ether oxygens (including phenoxy) is 2. The molecule has 0 aliphatic heterocycles. The number of benzene rings is 2. The third-order valence-corrected chi connectivity index (χ3v) is 5.85. The summed E-state index contributed by atoms with van der Waals surface area (Å²) in [5, 5.41) is 0.621. The maximum Gasteiger partial charge on any atom is 0.188 e. The lowest BCUT2D eigenvalue weighted by molar-refractivity contribution is 0.0364. The first-order valence-electron chi connectivity index (χ1n) is 10.8. The maximum absolute atomic E-state index is 14.0. The average molecular weight is 481 g/mol. The number of thioether (sulfide) groups is 1. The highest BCUT2D eigenvalue weighted by atomic mass is 32.2. The first kappa shape index (κ1) is 25.3. The molecule has 0 spiro atoms. The Morgan fingerprint density at radius 2 is 1.79 bits per heavy atom. The van der Waals surface area contributed by atoms with Gasteiger partial charge in [-0.05, 0) is 43.2 Å². The Kier molecular flexibility index (Phi) is 9.49. The quantitative estimate of drug-likeness (QED) is 0.170. The number of aryl methyl sites for hydroxylation is 1. The highest BCUT2D eigenvalue weighted by Crippen LogP contribution is 2.27. The van der Waals surface area contributed by atoms with Crippen LogP contribution in [-0.2, 0) is 16.1 Å². The Morgan fingerprint density at radius 1 is 1.06 bits per heavy atom. The second kappa shape index (κ2) is 12.8. The van der Waals surface area contributed by atoms with Crippen molar-refractivity contribution in [2.75, 3.05) is 12.9 Å². The molecule has 1 unspecified atom stereocenters. The van der Waals surface area contributed by atoms with Gasteiger partial charge in [0.1, 0.15) is 5.82 Å². The summed E-state index contributed by atoms with van der Waals surface area (Å²) in [5.74, 6) is 0.697. The van der Waals surface area contributed by atoms with Crippen LogP contribution in [-0.4, -0.2) is 22.8 Å². The van der Waals surface area contributed by atoms with Gasteiger partial charge in [0, 0.05) is 17.0 Å². The second-order valence-electron chi connectivity index (χ2n) is 7.51. The molecule has 6 nitrogen and oxygen atoms in total. The molecule has 1 aromatic heterocycles. The van der Waals surface area contributed by atoms with Crippen molar-refractivity contribution in [1.82, 2.24) is 9.97 Å². The van der Waals surface area contributed by atoms with Crippen molar-refractivity contribution < 1.29 is 13.9 Å². The lowest BCUT2D eigenvalue weighted by atomic mass is 10.1. The molecule has 0 bridgehead atoms. The number of hydrogen-bond acceptors (Lipinski definition) is 7. The Labute approximate surface area is 203 Å². The molecule has 0 saturated carbocycles. The zero-order valence-electron chi connectivity index (χ0n) is 19.3. The summed E-state index contributed by atoms with van der Waals surface area (Å²) in [6, 6.07) is 18.4. The highest BCUT2D eigenvalue weighted by Gasteiger charge is 2.14. The molecule has 0 saturated heterocycles. The van der Waals surface area contributed by atoms with Gasteiger partial charge >= 0.3 is 0 Å². The number of methoxy groups -OCH3 is 1. The van der Waals surface area contributed by atoms with E-state index in [1.165, 1.54) is 24.9 Å². The van der Waals surface area contributed by atoms with Gasteiger partial charge in [0.15, 0.2) is 11.0 Å². The number of allylic oxidation sites excluding steroid dienone is 2. The van der Waals surface area contributed by atoms with Gasteiger partial charge in [-0.15, -0.1) is 0 Å². The molecule has 0 radical (unpaired) electrons. The van der Waals surface area contributed by atoms with Gasteiger partial charge in [-0.3, -0.25) is 0 Å². The Bertz CT molecular complexity index is 1140. The molecule has 0 aliphatic carbocycles. The fraction of sp³-hybridized carbons (Fsp3) is 0.231. The molecule has 1 heterocycles. The first-order valence-corrected chi connectivity index (χ1v) is 11.8. The minimum Gasteiger partial charge on any atom is -0.483 e. The average Bonchev–Trinajstić information content (AvgIpc) is 2.85. The lowest BCUT2D eigenvalue weighted by Gasteiger charge is -2.18. The number of hydrogen-bond donors (Lipinski definition) is 2. The number of nitrogens with zero attached hydrogens (tertiary/aromatic N) is 2. The minimum atomic E-state index is -0.267. The van der Waals surface area contributed by atoms with E-state index in [0.717, 1.165) is 11.3 Å². The molecular weight excluding hydrogens is 451 g/mol. The number of aromatic nitrogens is 2. The Morgan fingerprint density at radius 3 is 2.53 bits per heavy atom. The van der Waals surface area contributed by atoms with Crippen molar-refractivity contribution in [2.45, 2.75) is 31.2 Å². The summed E-state index contributed by atoms with van der Waals surface area (Å²) < 4.78 is 25.1. The van der Waals surface area contributed by atoms with E-state index >= 15 is 0 Å². The molecular formula is C26H29FN4O2S. The van der Waals surface area contributed by atoms with Crippen LogP contribution in [0.4, 0.5) is 4.39 Å². The van der Waals surface area contributed by atoms with Crippen molar-refractivity contribution in [2.24, 2.45) is 11.5 Å². The second-order valence-corrected chi connectivity index (χ2v) is 8.57. The summed E-state index contributed by atoms with van der Waals surface area (Å²) in [6.45, 7) is 2.09. The number of nitrogens with two attached hydrogens (primary N) is 2. The van der Waals surface area contributed by atoms with E-state index in [1.807, 2.05) is 43.3 Å². The van der Waals surface area contributed by atoms with Crippen LogP contribution in [0.2, 0.25) is 0 Å². The molecule has 2 aromatic carbocycles. The van der Waals surface area contributed by atoms with Gasteiger partial charge < -0.3 is 20.9 Å². The molecule has 34 heavy (non-hydrogen) atoms. The van der Waals surface area contributed by atoms with Crippen LogP contribution < -0.4 is 11.5 Å².